The Kier molecular flexibility index (Phi) is 8.07. The molecule has 2 aromatic carbocycles. The van der Waals surface area contributed by atoms with Crippen molar-refractivity contribution in [3.63, 3.8) is 0 Å². The summed E-state index contributed by atoms with van der Waals surface area (Å²) in [6.07, 6.45) is -3.45. The summed E-state index contributed by atoms with van der Waals surface area (Å²) in [5.74, 6) is -5.31. The molecule has 0 bridgehead atoms. The Morgan fingerprint density at radius 1 is 1.09 bits per heavy atom. The maximum atomic E-state index is 14.9. The summed E-state index contributed by atoms with van der Waals surface area (Å²) in [5, 5.41) is 14.0. The molecule has 0 amide bonds. The maximum absolute atomic E-state index is 14.9. The molecular formula is C28H29F5N6O3S. The number of piperazine rings is 1. The van der Waals surface area contributed by atoms with Crippen LogP contribution in [-0.2, 0) is 29.7 Å². The van der Waals surface area contributed by atoms with Gasteiger partial charge in [0.25, 0.3) is 0 Å². The summed E-state index contributed by atoms with van der Waals surface area (Å²) >= 11 is 0. The van der Waals surface area contributed by atoms with E-state index in [4.69, 9.17) is 0 Å². The van der Waals surface area contributed by atoms with Gasteiger partial charge in [-0.05, 0) is 24.0 Å². The second kappa shape index (κ2) is 11.3. The standard InChI is InChI=1S/C28H29F5N6O3S/c1-16(2)15-43(41,42)38-9-10-39(18(14-38)11-17-7-5-4-6-8-17)27-34-13-20-24(36-37(3)26(20)35-27)19-12-21(28(31,32)33)23(30)25(40)22(19)29/h4-8,12-13,16,18,40H,9-11,14-15H2,1-3H3. The number of aromatic hydroxyl groups is 1. The van der Waals surface area contributed by atoms with Crippen LogP contribution in [-0.4, -0.2) is 69.0 Å². The second-order valence-corrected chi connectivity index (χ2v) is 12.9. The van der Waals surface area contributed by atoms with Crippen molar-refractivity contribution in [3.05, 3.63) is 65.4 Å². The third-order valence-corrected chi connectivity index (χ3v) is 9.47. The van der Waals surface area contributed by atoms with E-state index >= 15 is 0 Å². The molecule has 4 aromatic rings. The lowest BCUT2D eigenvalue weighted by atomic mass is 10.0. The highest BCUT2D eigenvalue weighted by molar-refractivity contribution is 7.89. The number of anilines is 1. The number of aromatic nitrogens is 4. The molecular weight excluding hydrogens is 595 g/mol. The molecule has 3 heterocycles. The van der Waals surface area contributed by atoms with Crippen molar-refractivity contribution in [1.29, 1.82) is 0 Å². The summed E-state index contributed by atoms with van der Waals surface area (Å²) in [7, 11) is -2.07. The Labute approximate surface area is 244 Å². The molecule has 43 heavy (non-hydrogen) atoms. The van der Waals surface area contributed by atoms with Crippen molar-refractivity contribution in [2.75, 3.05) is 30.3 Å². The number of phenols is 1. The fraction of sp³-hybridized carbons (Fsp3) is 0.393. The van der Waals surface area contributed by atoms with Crippen molar-refractivity contribution in [2.45, 2.75) is 32.5 Å². The van der Waals surface area contributed by atoms with Gasteiger partial charge in [-0.1, -0.05) is 44.2 Å². The summed E-state index contributed by atoms with van der Waals surface area (Å²) in [6.45, 7) is 4.31. The molecule has 15 heteroatoms. The van der Waals surface area contributed by atoms with Crippen LogP contribution in [0.5, 0.6) is 5.75 Å². The van der Waals surface area contributed by atoms with Gasteiger partial charge in [-0.3, -0.25) is 0 Å². The number of phenolic OH excluding ortho intramolecular Hbond substituents is 1. The average Bonchev–Trinajstić information content (AvgIpc) is 3.26. The van der Waals surface area contributed by atoms with Crippen LogP contribution in [0.15, 0.2) is 42.6 Å². The zero-order valence-electron chi connectivity index (χ0n) is 23.5. The minimum Gasteiger partial charge on any atom is -0.503 e. The number of sulfonamides is 1. The van der Waals surface area contributed by atoms with Gasteiger partial charge in [-0.15, -0.1) is 0 Å². The van der Waals surface area contributed by atoms with Crippen LogP contribution in [0.4, 0.5) is 27.9 Å². The van der Waals surface area contributed by atoms with E-state index in [0.29, 0.717) is 6.42 Å². The third kappa shape index (κ3) is 6.00. The third-order valence-electron chi connectivity index (χ3n) is 7.26. The van der Waals surface area contributed by atoms with Crippen molar-refractivity contribution in [3.8, 4) is 17.0 Å². The first-order chi connectivity index (χ1) is 20.2. The van der Waals surface area contributed by atoms with E-state index in [1.165, 1.54) is 22.2 Å². The van der Waals surface area contributed by atoms with Gasteiger partial charge in [0, 0.05) is 44.5 Å². The lowest BCUT2D eigenvalue weighted by molar-refractivity contribution is -0.140. The van der Waals surface area contributed by atoms with Crippen LogP contribution in [0.25, 0.3) is 22.3 Å². The Morgan fingerprint density at radius 2 is 1.79 bits per heavy atom. The van der Waals surface area contributed by atoms with Crippen molar-refractivity contribution < 1.29 is 35.5 Å². The van der Waals surface area contributed by atoms with Crippen LogP contribution in [0.2, 0.25) is 0 Å². The molecule has 5 rings (SSSR count). The molecule has 0 radical (unpaired) electrons. The average molecular weight is 625 g/mol. The monoisotopic (exact) mass is 624 g/mol. The number of benzene rings is 2. The van der Waals surface area contributed by atoms with Gasteiger partial charge in [0.05, 0.1) is 16.7 Å². The van der Waals surface area contributed by atoms with Crippen LogP contribution >= 0.6 is 0 Å². The molecule has 0 spiro atoms. The molecule has 1 unspecified atom stereocenters. The fourth-order valence-corrected chi connectivity index (χ4v) is 7.11. The minimum atomic E-state index is -5.20. The number of hydrogen-bond donors (Lipinski definition) is 1. The van der Waals surface area contributed by atoms with Gasteiger partial charge in [-0.2, -0.15) is 27.6 Å². The molecule has 0 aliphatic carbocycles. The normalized spacial score (nSPS) is 16.9. The van der Waals surface area contributed by atoms with E-state index < -0.39 is 44.7 Å². The second-order valence-electron chi connectivity index (χ2n) is 10.9. The maximum Gasteiger partial charge on any atom is 0.419 e. The first kappa shape index (κ1) is 30.6. The van der Waals surface area contributed by atoms with Crippen molar-refractivity contribution in [1.82, 2.24) is 24.1 Å². The number of nitrogens with zero attached hydrogens (tertiary/aromatic N) is 6. The molecule has 1 N–H and O–H groups in total. The molecule has 0 saturated carbocycles. The van der Waals surface area contributed by atoms with Gasteiger partial charge >= 0.3 is 6.18 Å². The van der Waals surface area contributed by atoms with Gasteiger partial charge in [0.2, 0.25) is 16.0 Å². The zero-order chi connectivity index (χ0) is 31.3. The number of hydrogen-bond acceptors (Lipinski definition) is 7. The van der Waals surface area contributed by atoms with Crippen LogP contribution in [0, 0.1) is 17.6 Å². The molecule has 230 valence electrons. The van der Waals surface area contributed by atoms with Gasteiger partial charge in [-0.25, -0.2) is 26.9 Å². The van der Waals surface area contributed by atoms with Crippen LogP contribution in [0.3, 0.4) is 0 Å². The predicted octanol–water partition coefficient (Wildman–Crippen LogP) is 4.75. The molecule has 1 aliphatic rings. The summed E-state index contributed by atoms with van der Waals surface area (Å²) in [5.41, 5.74) is -1.81. The van der Waals surface area contributed by atoms with E-state index in [9.17, 15) is 35.5 Å². The summed E-state index contributed by atoms with van der Waals surface area (Å²) < 4.78 is 98.1. The van der Waals surface area contributed by atoms with E-state index in [1.54, 1.807) is 0 Å². The molecule has 1 fully saturated rings. The van der Waals surface area contributed by atoms with E-state index in [2.05, 4.69) is 15.1 Å². The number of aryl methyl sites for hydroxylation is 1. The number of rotatable bonds is 7. The Bertz CT molecular complexity index is 1760. The lowest BCUT2D eigenvalue weighted by Gasteiger charge is -2.41. The highest BCUT2D eigenvalue weighted by atomic mass is 32.2. The van der Waals surface area contributed by atoms with Crippen LogP contribution < -0.4 is 4.90 Å². The molecule has 2 aromatic heterocycles. The van der Waals surface area contributed by atoms with Crippen molar-refractivity contribution in [2.24, 2.45) is 13.0 Å². The quantitative estimate of drug-likeness (QED) is 0.296. The first-order valence-electron chi connectivity index (χ1n) is 13.4. The van der Waals surface area contributed by atoms with Crippen LogP contribution in [0.1, 0.15) is 25.0 Å². The van der Waals surface area contributed by atoms with Gasteiger partial charge < -0.3 is 10.0 Å². The van der Waals surface area contributed by atoms with E-state index in [1.807, 2.05) is 49.1 Å². The largest absolute Gasteiger partial charge is 0.503 e. The minimum absolute atomic E-state index is 0.0108. The topological polar surface area (TPSA) is 104 Å². The van der Waals surface area contributed by atoms with Gasteiger partial charge in [0.1, 0.15) is 5.69 Å². The lowest BCUT2D eigenvalue weighted by Crippen LogP contribution is -2.56. The Hall–Kier alpha value is -3.85. The molecule has 1 atom stereocenters. The first-order valence-corrected chi connectivity index (χ1v) is 15.0. The van der Waals surface area contributed by atoms with E-state index in [0.717, 1.165) is 5.56 Å². The number of alkyl halides is 3. The molecule has 1 saturated heterocycles. The summed E-state index contributed by atoms with van der Waals surface area (Å²) in [6, 6.07) is 9.40. The fourth-order valence-electron chi connectivity index (χ4n) is 5.30. The number of halogens is 5. The molecule has 9 nitrogen and oxygen atoms in total. The highest BCUT2D eigenvalue weighted by Crippen LogP contribution is 2.41. The van der Waals surface area contributed by atoms with E-state index in [-0.39, 0.29) is 66.1 Å². The number of fused-ring (bicyclic) bond motifs is 1. The van der Waals surface area contributed by atoms with Gasteiger partial charge in [0.15, 0.2) is 23.0 Å². The smallest absolute Gasteiger partial charge is 0.419 e. The Morgan fingerprint density at radius 3 is 2.44 bits per heavy atom. The highest BCUT2D eigenvalue weighted by Gasteiger charge is 2.39. The summed E-state index contributed by atoms with van der Waals surface area (Å²) in [4.78, 5) is 10.9. The SMILES string of the molecule is CC(C)CS(=O)(=O)N1CCN(c2ncc3c(-c4cc(C(F)(F)F)c(F)c(O)c4F)nn(C)c3n2)C(Cc2ccccc2)C1. The zero-order valence-corrected chi connectivity index (χ0v) is 24.3. The molecule has 1 aliphatic heterocycles. The Balaban J connectivity index is 1.55. The van der Waals surface area contributed by atoms with Crippen molar-refractivity contribution >= 4 is 27.0 Å². The predicted molar refractivity (Wildman–Crippen MR) is 150 cm³/mol.